The molecule has 1 aromatic heterocycles. The van der Waals surface area contributed by atoms with Crippen LogP contribution < -0.4 is 11.5 Å². The van der Waals surface area contributed by atoms with Crippen molar-refractivity contribution in [1.29, 1.82) is 0 Å². The van der Waals surface area contributed by atoms with E-state index in [0.29, 0.717) is 6.20 Å². The number of aromatic nitrogens is 1. The molecule has 0 unspecified atom stereocenters. The molecule has 0 saturated carbocycles. The predicted molar refractivity (Wildman–Crippen MR) is 41.5 cm³/mol. The first-order valence-corrected chi connectivity index (χ1v) is 3.47. The summed E-state index contributed by atoms with van der Waals surface area (Å²) >= 11 is 0. The van der Waals surface area contributed by atoms with E-state index in [4.69, 9.17) is 11.5 Å². The summed E-state index contributed by atoms with van der Waals surface area (Å²) in [5.74, 6) is 0.0375. The molecule has 72 valence electrons. The third-order valence-corrected chi connectivity index (χ3v) is 1.55. The van der Waals surface area contributed by atoms with E-state index in [1.54, 1.807) is 0 Å². The monoisotopic (exact) mass is 191 g/mol. The van der Waals surface area contributed by atoms with Crippen LogP contribution in [-0.2, 0) is 12.7 Å². The van der Waals surface area contributed by atoms with Crippen molar-refractivity contribution < 1.29 is 13.2 Å². The van der Waals surface area contributed by atoms with E-state index < -0.39 is 11.7 Å². The maximum Gasteiger partial charge on any atom is 0.417 e. The normalized spacial score (nSPS) is 11.7. The Morgan fingerprint density at radius 2 is 2.00 bits per heavy atom. The van der Waals surface area contributed by atoms with Crippen molar-refractivity contribution in [1.82, 2.24) is 4.98 Å². The van der Waals surface area contributed by atoms with Crippen LogP contribution in [-0.4, -0.2) is 4.98 Å². The Labute approximate surface area is 72.6 Å². The molecule has 0 radical (unpaired) electrons. The van der Waals surface area contributed by atoms with Gasteiger partial charge in [-0.05, 0) is 6.07 Å². The van der Waals surface area contributed by atoms with E-state index >= 15 is 0 Å². The van der Waals surface area contributed by atoms with E-state index in [1.807, 2.05) is 0 Å². The lowest BCUT2D eigenvalue weighted by Crippen LogP contribution is -2.10. The number of anilines is 1. The minimum absolute atomic E-state index is 0.0375. The lowest BCUT2D eigenvalue weighted by molar-refractivity contribution is -0.137. The molecular formula is C7H8F3N3. The Morgan fingerprint density at radius 1 is 1.38 bits per heavy atom. The van der Waals surface area contributed by atoms with Crippen molar-refractivity contribution >= 4 is 5.82 Å². The SMILES string of the molecule is NCc1cc(C(F)(F)F)cnc1N. The molecule has 6 heteroatoms. The Morgan fingerprint density at radius 3 is 2.46 bits per heavy atom. The van der Waals surface area contributed by atoms with Crippen LogP contribution in [0.5, 0.6) is 0 Å². The van der Waals surface area contributed by atoms with E-state index in [-0.39, 0.29) is 17.9 Å². The number of rotatable bonds is 1. The molecular weight excluding hydrogens is 183 g/mol. The molecule has 0 aromatic carbocycles. The first-order valence-electron chi connectivity index (χ1n) is 3.47. The molecule has 1 aromatic rings. The van der Waals surface area contributed by atoms with Gasteiger partial charge in [-0.15, -0.1) is 0 Å². The molecule has 1 rings (SSSR count). The molecule has 0 bridgehead atoms. The third kappa shape index (κ3) is 2.09. The molecule has 0 aliphatic carbocycles. The van der Waals surface area contributed by atoms with Gasteiger partial charge in [0.2, 0.25) is 0 Å². The highest BCUT2D eigenvalue weighted by Gasteiger charge is 2.31. The van der Waals surface area contributed by atoms with Gasteiger partial charge in [0.25, 0.3) is 0 Å². The maximum atomic E-state index is 12.1. The molecule has 4 N–H and O–H groups in total. The average Bonchev–Trinajstić information content (AvgIpc) is 2.03. The highest BCUT2D eigenvalue weighted by molar-refractivity contribution is 5.41. The quantitative estimate of drug-likeness (QED) is 0.699. The standard InChI is InChI=1S/C7H8F3N3/c8-7(9,10)5-1-4(2-11)6(12)13-3-5/h1,3H,2,11H2,(H2,12,13). The first-order chi connectivity index (χ1) is 5.95. The predicted octanol–water partition coefficient (Wildman–Crippen LogP) is 1.14. The van der Waals surface area contributed by atoms with Crippen molar-refractivity contribution in [2.24, 2.45) is 5.73 Å². The number of hydrogen-bond acceptors (Lipinski definition) is 3. The number of hydrogen-bond donors (Lipinski definition) is 2. The van der Waals surface area contributed by atoms with Crippen molar-refractivity contribution in [3.05, 3.63) is 23.4 Å². The van der Waals surface area contributed by atoms with Crippen molar-refractivity contribution in [2.75, 3.05) is 5.73 Å². The van der Waals surface area contributed by atoms with Gasteiger partial charge < -0.3 is 11.5 Å². The highest BCUT2D eigenvalue weighted by atomic mass is 19.4. The summed E-state index contributed by atoms with van der Waals surface area (Å²) in [6, 6.07) is 0.905. The van der Waals surface area contributed by atoms with Gasteiger partial charge in [0.1, 0.15) is 5.82 Å². The summed E-state index contributed by atoms with van der Waals surface area (Å²) in [5.41, 5.74) is 9.83. The van der Waals surface area contributed by atoms with Crippen molar-refractivity contribution in [3.8, 4) is 0 Å². The second-order valence-corrected chi connectivity index (χ2v) is 2.47. The summed E-state index contributed by atoms with van der Waals surface area (Å²) in [6.45, 7) is -0.0528. The summed E-state index contributed by atoms with van der Waals surface area (Å²) in [4.78, 5) is 3.39. The highest BCUT2D eigenvalue weighted by Crippen LogP contribution is 2.29. The largest absolute Gasteiger partial charge is 0.417 e. The third-order valence-electron chi connectivity index (χ3n) is 1.55. The number of nitrogen functional groups attached to an aromatic ring is 1. The van der Waals surface area contributed by atoms with Gasteiger partial charge in [-0.25, -0.2) is 4.98 Å². The molecule has 3 nitrogen and oxygen atoms in total. The van der Waals surface area contributed by atoms with Crippen molar-refractivity contribution in [3.63, 3.8) is 0 Å². The van der Waals surface area contributed by atoms with Crippen molar-refractivity contribution in [2.45, 2.75) is 12.7 Å². The van der Waals surface area contributed by atoms with Crippen LogP contribution in [0.15, 0.2) is 12.3 Å². The van der Waals surface area contributed by atoms with Gasteiger partial charge in [0.05, 0.1) is 5.56 Å². The number of alkyl halides is 3. The molecule has 0 aliphatic rings. The fourth-order valence-corrected chi connectivity index (χ4v) is 0.839. The average molecular weight is 191 g/mol. The van der Waals surface area contributed by atoms with Crippen LogP contribution in [0.1, 0.15) is 11.1 Å². The molecule has 13 heavy (non-hydrogen) atoms. The Bertz CT molecular complexity index is 308. The minimum Gasteiger partial charge on any atom is -0.383 e. The second kappa shape index (κ2) is 3.21. The smallest absolute Gasteiger partial charge is 0.383 e. The zero-order valence-corrected chi connectivity index (χ0v) is 6.60. The van der Waals surface area contributed by atoms with E-state index in [9.17, 15) is 13.2 Å². The minimum atomic E-state index is -4.40. The number of halogens is 3. The fraction of sp³-hybridized carbons (Fsp3) is 0.286. The maximum absolute atomic E-state index is 12.1. The summed E-state index contributed by atoms with van der Waals surface area (Å²) in [5, 5.41) is 0. The molecule has 1 heterocycles. The summed E-state index contributed by atoms with van der Waals surface area (Å²) in [7, 11) is 0. The number of nitrogens with zero attached hydrogens (tertiary/aromatic N) is 1. The fourth-order valence-electron chi connectivity index (χ4n) is 0.839. The van der Waals surface area contributed by atoms with E-state index in [2.05, 4.69) is 4.98 Å². The lowest BCUT2D eigenvalue weighted by atomic mass is 10.2. The van der Waals surface area contributed by atoms with E-state index in [1.165, 1.54) is 0 Å². The first kappa shape index (κ1) is 9.79. The molecule has 0 saturated heterocycles. The van der Waals surface area contributed by atoms with Crippen LogP contribution in [0.4, 0.5) is 19.0 Å². The lowest BCUT2D eigenvalue weighted by Gasteiger charge is -2.08. The van der Waals surface area contributed by atoms with Crippen LogP contribution >= 0.6 is 0 Å². The van der Waals surface area contributed by atoms with Crippen LogP contribution in [0.2, 0.25) is 0 Å². The molecule has 0 amide bonds. The Hall–Kier alpha value is -1.30. The van der Waals surface area contributed by atoms with Gasteiger partial charge in [-0.1, -0.05) is 0 Å². The second-order valence-electron chi connectivity index (χ2n) is 2.47. The van der Waals surface area contributed by atoms with Gasteiger partial charge in [-0.3, -0.25) is 0 Å². The van der Waals surface area contributed by atoms with Gasteiger partial charge >= 0.3 is 6.18 Å². The van der Waals surface area contributed by atoms with Crippen LogP contribution in [0.3, 0.4) is 0 Å². The van der Waals surface area contributed by atoms with Crippen LogP contribution in [0, 0.1) is 0 Å². The molecule has 0 spiro atoms. The van der Waals surface area contributed by atoms with Gasteiger partial charge in [0, 0.05) is 18.3 Å². The van der Waals surface area contributed by atoms with E-state index in [0.717, 1.165) is 6.07 Å². The summed E-state index contributed by atoms with van der Waals surface area (Å²) < 4.78 is 36.3. The van der Waals surface area contributed by atoms with Crippen LogP contribution in [0.25, 0.3) is 0 Å². The molecule has 0 atom stereocenters. The zero-order valence-electron chi connectivity index (χ0n) is 6.60. The topological polar surface area (TPSA) is 64.9 Å². The Kier molecular flexibility index (Phi) is 2.42. The molecule has 0 aliphatic heterocycles. The summed E-state index contributed by atoms with van der Waals surface area (Å²) in [6.07, 6.45) is -3.71. The zero-order chi connectivity index (χ0) is 10.1. The van der Waals surface area contributed by atoms with Gasteiger partial charge in [-0.2, -0.15) is 13.2 Å². The number of nitrogens with two attached hydrogens (primary N) is 2. The Balaban J connectivity index is 3.14. The number of pyridine rings is 1. The van der Waals surface area contributed by atoms with Gasteiger partial charge in [0.15, 0.2) is 0 Å². The molecule has 0 fully saturated rings.